The lowest BCUT2D eigenvalue weighted by Crippen LogP contribution is -2.33. The third-order valence-corrected chi connectivity index (χ3v) is 12.6. The number of unbranched alkanes of at least 4 members (excludes halogenated alkanes) is 13. The van der Waals surface area contributed by atoms with Gasteiger partial charge in [0.25, 0.3) is 0 Å². The average molecular weight is 846 g/mol. The maximum Gasteiger partial charge on any atom is 0.472 e. The van der Waals surface area contributed by atoms with Gasteiger partial charge in [-0.1, -0.05) is 102 Å². The number of rotatable bonds is 26. The van der Waals surface area contributed by atoms with E-state index in [-0.39, 0.29) is 19.8 Å². The van der Waals surface area contributed by atoms with Gasteiger partial charge < -0.3 is 34.3 Å². The molecule has 0 bridgehead atoms. The van der Waals surface area contributed by atoms with E-state index in [0.29, 0.717) is 39.8 Å². The van der Waals surface area contributed by atoms with Crippen molar-refractivity contribution < 1.29 is 42.2 Å². The second kappa shape index (κ2) is 19.8. The van der Waals surface area contributed by atoms with E-state index in [4.69, 9.17) is 50.1 Å². The summed E-state index contributed by atoms with van der Waals surface area (Å²) in [6.07, 6.45) is 16.0. The summed E-state index contributed by atoms with van der Waals surface area (Å²) in [4.78, 5) is 15.2. The standard InChI is InChI=1S/C42H61ClN5O9P/c1-5-6-7-8-9-10-11-12-13-14-15-16-17-18-21-51-27-33(52-26-31-22-30(25-44)23-32(43)24-31)28-53-58(49,50)56-39-41(4)42(39)37(55-40(2,3)57-42)36(54-41)34-19-20-35-38(45)46-29-47-48(34)35/h19-20,22-24,29,33,36-37,39H,5-18,21,26-28H2,1-4H3,(H,49,50)(H2,45,46,47)/t33-,36-,37-,39?,41+,42+/m0/s1. The van der Waals surface area contributed by atoms with Crippen molar-refractivity contribution in [2.45, 2.75) is 166 Å². The zero-order valence-electron chi connectivity index (χ0n) is 34.4. The molecule has 1 aromatic carbocycles. The minimum absolute atomic E-state index is 0.0774. The largest absolute Gasteiger partial charge is 0.472 e. The van der Waals surface area contributed by atoms with Crippen molar-refractivity contribution in [3.05, 3.63) is 58.5 Å². The smallest absolute Gasteiger partial charge is 0.382 e. The van der Waals surface area contributed by atoms with E-state index < -0.39 is 49.2 Å². The quantitative estimate of drug-likeness (QED) is 0.0577. The van der Waals surface area contributed by atoms with Crippen molar-refractivity contribution in [2.24, 2.45) is 0 Å². The molecule has 16 heteroatoms. The Morgan fingerprint density at radius 3 is 2.33 bits per heavy atom. The number of halogens is 1. The number of ether oxygens (including phenoxy) is 5. The summed E-state index contributed by atoms with van der Waals surface area (Å²) >= 11 is 6.22. The minimum atomic E-state index is -4.71. The molecular formula is C42H61ClN5O9P. The molecule has 3 fully saturated rings. The van der Waals surface area contributed by atoms with Crippen molar-refractivity contribution in [1.82, 2.24) is 14.6 Å². The zero-order valence-corrected chi connectivity index (χ0v) is 36.1. The molecule has 58 heavy (non-hydrogen) atoms. The Morgan fingerprint density at radius 2 is 1.66 bits per heavy atom. The van der Waals surface area contributed by atoms with E-state index in [9.17, 15) is 14.7 Å². The van der Waals surface area contributed by atoms with E-state index >= 15 is 0 Å². The maximum absolute atomic E-state index is 13.6. The normalized spacial score (nSPS) is 26.0. The Labute approximate surface area is 347 Å². The van der Waals surface area contributed by atoms with Crippen molar-refractivity contribution in [3.63, 3.8) is 0 Å². The molecular weight excluding hydrogens is 785 g/mol. The lowest BCUT2D eigenvalue weighted by molar-refractivity contribution is -0.186. The molecule has 7 atom stereocenters. The molecule has 3 aromatic rings. The van der Waals surface area contributed by atoms with Crippen LogP contribution in [0.3, 0.4) is 0 Å². The molecule has 6 rings (SSSR count). The van der Waals surface area contributed by atoms with E-state index in [1.165, 1.54) is 77.0 Å². The Bertz CT molecular complexity index is 1910. The highest BCUT2D eigenvalue weighted by atomic mass is 35.5. The molecule has 3 aliphatic rings. The first-order valence-corrected chi connectivity index (χ1v) is 22.9. The summed E-state index contributed by atoms with van der Waals surface area (Å²) < 4.78 is 58.1. The number of nitrogens with two attached hydrogens (primary N) is 1. The molecule has 0 amide bonds. The molecule has 1 saturated carbocycles. The van der Waals surface area contributed by atoms with Gasteiger partial charge in [-0.15, -0.1) is 0 Å². The minimum Gasteiger partial charge on any atom is -0.382 e. The molecule has 2 aromatic heterocycles. The van der Waals surface area contributed by atoms with Crippen LogP contribution in [0.4, 0.5) is 5.82 Å². The van der Waals surface area contributed by atoms with Gasteiger partial charge in [0, 0.05) is 11.6 Å². The van der Waals surface area contributed by atoms with Crippen LogP contribution < -0.4 is 5.73 Å². The number of phosphoric ester groups is 1. The van der Waals surface area contributed by atoms with Crippen LogP contribution in [0.5, 0.6) is 0 Å². The molecule has 2 saturated heterocycles. The van der Waals surface area contributed by atoms with Crippen LogP contribution in [0.1, 0.15) is 141 Å². The van der Waals surface area contributed by atoms with Gasteiger partial charge in [0.2, 0.25) is 0 Å². The van der Waals surface area contributed by atoms with E-state index in [1.54, 1.807) is 49.6 Å². The summed E-state index contributed by atoms with van der Waals surface area (Å²) in [6, 6.07) is 10.7. The number of hydrogen-bond acceptors (Lipinski definition) is 12. The van der Waals surface area contributed by atoms with E-state index in [2.05, 4.69) is 23.1 Å². The maximum atomic E-state index is 13.6. The molecule has 2 unspecified atom stereocenters. The number of nitriles is 1. The van der Waals surface area contributed by atoms with Crippen molar-refractivity contribution >= 4 is 30.8 Å². The van der Waals surface area contributed by atoms with Crippen molar-refractivity contribution in [1.29, 1.82) is 5.26 Å². The fourth-order valence-corrected chi connectivity index (χ4v) is 9.77. The van der Waals surface area contributed by atoms with Gasteiger partial charge in [0.05, 0.1) is 37.1 Å². The van der Waals surface area contributed by atoms with Gasteiger partial charge in [0.1, 0.15) is 41.9 Å². The number of hydrogen-bond donors (Lipinski definition) is 2. The van der Waals surface area contributed by atoms with Crippen molar-refractivity contribution in [2.75, 3.05) is 25.6 Å². The fourth-order valence-electron chi connectivity index (χ4n) is 8.48. The third-order valence-electron chi connectivity index (χ3n) is 11.5. The number of nitrogens with zero attached hydrogens (tertiary/aromatic N) is 4. The molecule has 0 radical (unpaired) electrons. The number of anilines is 1. The van der Waals surface area contributed by atoms with Crippen LogP contribution in [0, 0.1) is 11.3 Å². The van der Waals surface area contributed by atoms with Crippen LogP contribution in [0.25, 0.3) is 5.52 Å². The summed E-state index contributed by atoms with van der Waals surface area (Å²) in [5, 5.41) is 14.2. The lowest BCUT2D eigenvalue weighted by Gasteiger charge is -2.25. The van der Waals surface area contributed by atoms with Gasteiger partial charge in [0.15, 0.2) is 17.2 Å². The highest BCUT2D eigenvalue weighted by Gasteiger charge is 2.92. The van der Waals surface area contributed by atoms with Crippen LogP contribution >= 0.6 is 19.4 Å². The fraction of sp³-hybridized carbons (Fsp3) is 0.690. The molecule has 3 N–H and O–H groups in total. The number of fused-ring (bicyclic) bond motifs is 1. The predicted octanol–water partition coefficient (Wildman–Crippen LogP) is 9.16. The Balaban J connectivity index is 0.990. The van der Waals surface area contributed by atoms with Gasteiger partial charge >= 0.3 is 7.82 Å². The van der Waals surface area contributed by atoms with Crippen LogP contribution in [-0.4, -0.2) is 74.6 Å². The number of phosphoric acid groups is 1. The van der Waals surface area contributed by atoms with Gasteiger partial charge in [-0.25, -0.2) is 14.1 Å². The highest BCUT2D eigenvalue weighted by Crippen LogP contribution is 2.74. The average Bonchev–Trinajstić information content (AvgIpc) is 3.57. The second-order valence-corrected chi connectivity index (χ2v) is 18.3. The lowest BCUT2D eigenvalue weighted by atomic mass is 10.0. The molecule has 320 valence electrons. The molecule has 1 aliphatic carbocycles. The number of nitrogen functional groups attached to an aromatic ring is 1. The molecule has 1 spiro atoms. The Morgan fingerprint density at radius 1 is 0.983 bits per heavy atom. The topological polar surface area (TPSA) is 182 Å². The van der Waals surface area contributed by atoms with Gasteiger partial charge in [-0.2, -0.15) is 10.4 Å². The van der Waals surface area contributed by atoms with Crippen molar-refractivity contribution in [3.8, 4) is 6.07 Å². The van der Waals surface area contributed by atoms with Crippen LogP contribution in [-0.2, 0) is 43.9 Å². The van der Waals surface area contributed by atoms with Crippen LogP contribution in [0.2, 0.25) is 5.02 Å². The number of aromatic nitrogens is 3. The number of benzene rings is 1. The van der Waals surface area contributed by atoms with Gasteiger partial charge in [-0.05, 0) is 63.1 Å². The molecule has 4 heterocycles. The third kappa shape index (κ3) is 10.6. The molecule has 14 nitrogen and oxygen atoms in total. The Hall–Kier alpha value is -2.67. The van der Waals surface area contributed by atoms with E-state index in [0.717, 1.165) is 19.3 Å². The zero-order chi connectivity index (χ0) is 41.4. The SMILES string of the molecule is CCCCCCCCCCCCCCCCOC[C@@H](COP(=O)(O)OC1[C@@]2(C)O[C@@H](c3ccc4c(N)ncnn34)[C@@H]3OC(C)(C)O[C@@]132)OCc1cc(Cl)cc(C#N)c1. The summed E-state index contributed by atoms with van der Waals surface area (Å²) in [5.74, 6) is -0.724. The first kappa shape index (κ1) is 44.9. The monoisotopic (exact) mass is 845 g/mol. The van der Waals surface area contributed by atoms with Crippen LogP contribution in [0.15, 0.2) is 36.7 Å². The highest BCUT2D eigenvalue weighted by molar-refractivity contribution is 7.47. The Kier molecular flexibility index (Phi) is 15.3. The first-order chi connectivity index (χ1) is 27.8. The summed E-state index contributed by atoms with van der Waals surface area (Å²) in [5.41, 5.74) is 6.07. The summed E-state index contributed by atoms with van der Waals surface area (Å²) in [7, 11) is -4.71. The van der Waals surface area contributed by atoms with E-state index in [1.807, 2.05) is 6.07 Å². The first-order valence-electron chi connectivity index (χ1n) is 21.0. The summed E-state index contributed by atoms with van der Waals surface area (Å²) in [6.45, 7) is 7.99. The second-order valence-electron chi connectivity index (χ2n) is 16.5. The molecule has 2 aliphatic heterocycles. The predicted molar refractivity (Wildman–Crippen MR) is 219 cm³/mol. The van der Waals surface area contributed by atoms with Gasteiger partial charge in [-0.3, -0.25) is 9.05 Å².